The highest BCUT2D eigenvalue weighted by molar-refractivity contribution is 5.61. The summed E-state index contributed by atoms with van der Waals surface area (Å²) in [4.78, 5) is 0. The van der Waals surface area contributed by atoms with Crippen molar-refractivity contribution in [3.05, 3.63) is 23.8 Å². The van der Waals surface area contributed by atoms with E-state index in [1.54, 1.807) is 0 Å². The van der Waals surface area contributed by atoms with E-state index in [0.717, 1.165) is 36.6 Å². The van der Waals surface area contributed by atoms with E-state index in [4.69, 9.17) is 4.74 Å². The largest absolute Gasteiger partial charge is 0.489 e. The molecule has 1 aliphatic heterocycles. The summed E-state index contributed by atoms with van der Waals surface area (Å²) in [7, 11) is 0. The Morgan fingerprint density at radius 3 is 2.45 bits per heavy atom. The molecule has 2 heteroatoms. The number of ether oxygens (including phenoxy) is 1. The van der Waals surface area contributed by atoms with Crippen molar-refractivity contribution in [2.75, 3.05) is 11.9 Å². The van der Waals surface area contributed by atoms with Crippen LogP contribution < -0.4 is 10.1 Å². The van der Waals surface area contributed by atoms with Crippen molar-refractivity contribution in [2.24, 2.45) is 23.7 Å². The first kappa shape index (κ1) is 11.5. The van der Waals surface area contributed by atoms with Crippen LogP contribution in [0.5, 0.6) is 5.75 Å². The van der Waals surface area contributed by atoms with Gasteiger partial charge in [0.2, 0.25) is 0 Å². The fourth-order valence-electron chi connectivity index (χ4n) is 5.64. The summed E-state index contributed by atoms with van der Waals surface area (Å²) >= 11 is 0. The maximum Gasteiger partial charge on any atom is 0.125 e. The molecule has 4 fully saturated rings. The van der Waals surface area contributed by atoms with Gasteiger partial charge in [-0.15, -0.1) is 0 Å². The van der Waals surface area contributed by atoms with Crippen molar-refractivity contribution in [3.63, 3.8) is 0 Å². The van der Waals surface area contributed by atoms with E-state index in [1.165, 1.54) is 49.1 Å². The van der Waals surface area contributed by atoms with Crippen LogP contribution in [0.25, 0.3) is 0 Å². The summed E-state index contributed by atoms with van der Waals surface area (Å²) in [6, 6.07) is 6.52. The molecule has 2 nitrogen and oxygen atoms in total. The van der Waals surface area contributed by atoms with Gasteiger partial charge in [-0.25, -0.2) is 0 Å². The molecule has 6 rings (SSSR count). The van der Waals surface area contributed by atoms with Gasteiger partial charge >= 0.3 is 0 Å². The minimum Gasteiger partial charge on any atom is -0.489 e. The van der Waals surface area contributed by atoms with E-state index in [-0.39, 0.29) is 0 Å². The van der Waals surface area contributed by atoms with Gasteiger partial charge in [0.05, 0.1) is 0 Å². The van der Waals surface area contributed by atoms with Gasteiger partial charge in [-0.05, 0) is 74.3 Å². The molecule has 4 aliphatic carbocycles. The highest BCUT2D eigenvalue weighted by Crippen LogP contribution is 2.54. The van der Waals surface area contributed by atoms with E-state index in [2.05, 4.69) is 23.5 Å². The average Bonchev–Trinajstić information content (AvgIpc) is 2.91. The van der Waals surface area contributed by atoms with Crippen molar-refractivity contribution < 1.29 is 4.74 Å². The molecule has 0 aromatic heterocycles. The van der Waals surface area contributed by atoms with Crippen molar-refractivity contribution in [2.45, 2.75) is 44.6 Å². The van der Waals surface area contributed by atoms with Gasteiger partial charge in [-0.3, -0.25) is 0 Å². The van der Waals surface area contributed by atoms with Crippen molar-refractivity contribution in [1.82, 2.24) is 0 Å². The Labute approximate surface area is 120 Å². The van der Waals surface area contributed by atoms with Gasteiger partial charge in [0.25, 0.3) is 0 Å². The lowest BCUT2D eigenvalue weighted by Gasteiger charge is -2.53. The van der Waals surface area contributed by atoms with Gasteiger partial charge in [0, 0.05) is 17.8 Å². The lowest BCUT2D eigenvalue weighted by molar-refractivity contribution is -0.0792. The van der Waals surface area contributed by atoms with Crippen LogP contribution >= 0.6 is 0 Å². The van der Waals surface area contributed by atoms with Gasteiger partial charge in [0.1, 0.15) is 11.9 Å². The van der Waals surface area contributed by atoms with Crippen LogP contribution in [-0.4, -0.2) is 12.6 Å². The Bertz CT molecular complexity index is 510. The topological polar surface area (TPSA) is 21.3 Å². The number of hydrogen-bond acceptors (Lipinski definition) is 2. The molecule has 0 spiro atoms. The summed E-state index contributed by atoms with van der Waals surface area (Å²) in [6.45, 7) is 1.07. The average molecular weight is 269 g/mol. The summed E-state index contributed by atoms with van der Waals surface area (Å²) in [5, 5.41) is 3.46. The molecule has 20 heavy (non-hydrogen) atoms. The number of nitrogens with one attached hydrogen (secondary N) is 1. The molecule has 106 valence electrons. The zero-order valence-electron chi connectivity index (χ0n) is 12.0. The van der Waals surface area contributed by atoms with Crippen LogP contribution in [0.2, 0.25) is 0 Å². The predicted molar refractivity (Wildman–Crippen MR) is 80.1 cm³/mol. The normalized spacial score (nSPS) is 40.5. The van der Waals surface area contributed by atoms with E-state index >= 15 is 0 Å². The summed E-state index contributed by atoms with van der Waals surface area (Å²) in [5.74, 6) is 4.92. The standard InChI is InChI=1S/C18H23NO/c1-2-16-15(4-5-19-16)17(3-1)20-18-13-7-11-6-12(9-13)10-14(18)8-11/h1-3,11-14,18-19H,4-10H2. The Morgan fingerprint density at radius 2 is 1.70 bits per heavy atom. The molecule has 0 amide bonds. The molecular formula is C18H23NO. The second-order valence-corrected chi connectivity index (χ2v) is 7.47. The lowest BCUT2D eigenvalue weighted by Crippen LogP contribution is -2.50. The van der Waals surface area contributed by atoms with Crippen LogP contribution in [0.15, 0.2) is 18.2 Å². The highest BCUT2D eigenvalue weighted by atomic mass is 16.5. The van der Waals surface area contributed by atoms with Gasteiger partial charge in [-0.1, -0.05) is 6.07 Å². The highest BCUT2D eigenvalue weighted by Gasteiger charge is 2.49. The van der Waals surface area contributed by atoms with Crippen molar-refractivity contribution in [1.29, 1.82) is 0 Å². The fourth-order valence-corrected chi connectivity index (χ4v) is 5.64. The Morgan fingerprint density at radius 1 is 0.950 bits per heavy atom. The molecule has 0 unspecified atom stereocenters. The van der Waals surface area contributed by atoms with E-state index in [9.17, 15) is 0 Å². The van der Waals surface area contributed by atoms with Crippen LogP contribution in [0.1, 0.15) is 37.7 Å². The maximum atomic E-state index is 6.59. The molecule has 1 heterocycles. The maximum absolute atomic E-state index is 6.59. The van der Waals surface area contributed by atoms with Crippen LogP contribution in [0.3, 0.4) is 0 Å². The second-order valence-electron chi connectivity index (χ2n) is 7.47. The first-order valence-electron chi connectivity index (χ1n) is 8.39. The first-order valence-corrected chi connectivity index (χ1v) is 8.39. The Hall–Kier alpha value is -1.18. The number of rotatable bonds is 2. The Kier molecular flexibility index (Phi) is 2.39. The van der Waals surface area contributed by atoms with E-state index < -0.39 is 0 Å². The number of fused-ring (bicyclic) bond motifs is 1. The van der Waals surface area contributed by atoms with Gasteiger partial charge < -0.3 is 10.1 Å². The number of benzene rings is 1. The molecule has 5 aliphatic rings. The number of hydrogen-bond donors (Lipinski definition) is 1. The van der Waals surface area contributed by atoms with Gasteiger partial charge in [-0.2, -0.15) is 0 Å². The van der Waals surface area contributed by atoms with E-state index in [1.807, 2.05) is 0 Å². The van der Waals surface area contributed by atoms with E-state index in [0.29, 0.717) is 6.10 Å². The second kappa shape index (κ2) is 4.16. The summed E-state index contributed by atoms with van der Waals surface area (Å²) in [5.41, 5.74) is 2.72. The quantitative estimate of drug-likeness (QED) is 0.880. The summed E-state index contributed by atoms with van der Waals surface area (Å²) < 4.78 is 6.59. The third-order valence-electron chi connectivity index (χ3n) is 6.23. The first-order chi connectivity index (χ1) is 9.87. The SMILES string of the molecule is c1cc2c(c(OC3C4CC5CC(C4)CC3C5)c1)CCN2. The third-order valence-corrected chi connectivity index (χ3v) is 6.23. The molecule has 1 aromatic carbocycles. The molecule has 4 saturated carbocycles. The molecule has 1 N–H and O–H groups in total. The molecular weight excluding hydrogens is 246 g/mol. The smallest absolute Gasteiger partial charge is 0.125 e. The number of anilines is 1. The molecule has 0 atom stereocenters. The monoisotopic (exact) mass is 269 g/mol. The Balaban J connectivity index is 1.43. The zero-order chi connectivity index (χ0) is 13.1. The zero-order valence-corrected chi connectivity index (χ0v) is 12.0. The lowest BCUT2D eigenvalue weighted by atomic mass is 9.55. The van der Waals surface area contributed by atoms with Crippen LogP contribution in [0, 0.1) is 23.7 Å². The fraction of sp³-hybridized carbons (Fsp3) is 0.667. The molecule has 4 bridgehead atoms. The van der Waals surface area contributed by atoms with Gasteiger partial charge in [0.15, 0.2) is 0 Å². The molecule has 0 saturated heterocycles. The predicted octanol–water partition coefficient (Wildman–Crippen LogP) is 3.86. The molecule has 1 aromatic rings. The van der Waals surface area contributed by atoms with Crippen LogP contribution in [0.4, 0.5) is 5.69 Å². The van der Waals surface area contributed by atoms with Crippen molar-refractivity contribution >= 4 is 5.69 Å². The minimum atomic E-state index is 0.509. The molecule has 0 radical (unpaired) electrons. The minimum absolute atomic E-state index is 0.509. The third kappa shape index (κ3) is 1.63. The van der Waals surface area contributed by atoms with Crippen molar-refractivity contribution in [3.8, 4) is 5.75 Å². The van der Waals surface area contributed by atoms with Crippen LogP contribution in [-0.2, 0) is 6.42 Å². The summed E-state index contributed by atoms with van der Waals surface area (Å²) in [6.07, 6.45) is 8.89.